The van der Waals surface area contributed by atoms with Crippen LogP contribution in [-0.4, -0.2) is 19.5 Å². The zero-order chi connectivity index (χ0) is 33.2. The molecule has 0 unspecified atom stereocenters. The molecule has 4 aromatic rings. The maximum absolute atomic E-state index is 12.8. The van der Waals surface area contributed by atoms with Gasteiger partial charge >= 0.3 is 12.4 Å². The zero-order valence-corrected chi connectivity index (χ0v) is 26.8. The first-order valence-electron chi connectivity index (χ1n) is 14.4. The number of carbonyl (C=O) groups excluding carboxylic acids is 1. The Bertz CT molecular complexity index is 1560. The van der Waals surface area contributed by atoms with Crippen LogP contribution in [-0.2, 0) is 34.7 Å². The van der Waals surface area contributed by atoms with Crippen LogP contribution < -0.4 is 0 Å². The molecule has 46 heavy (non-hydrogen) atoms. The van der Waals surface area contributed by atoms with Crippen LogP contribution in [0.5, 0.6) is 0 Å². The van der Waals surface area contributed by atoms with Gasteiger partial charge < -0.3 is 9.47 Å². The second-order valence-corrected chi connectivity index (χ2v) is 10.5. The average molecular weight is 667 g/mol. The van der Waals surface area contributed by atoms with Crippen molar-refractivity contribution >= 4 is 18.7 Å². The molecular formula is C36H37ClF6O3. The van der Waals surface area contributed by atoms with Crippen molar-refractivity contribution in [3.63, 3.8) is 0 Å². The summed E-state index contributed by atoms with van der Waals surface area (Å²) in [6.07, 6.45) is -7.45. The summed E-state index contributed by atoms with van der Waals surface area (Å²) in [6.45, 7) is 8.65. The Balaban J connectivity index is 0.000000321. The van der Waals surface area contributed by atoms with E-state index in [0.717, 1.165) is 52.3 Å². The van der Waals surface area contributed by atoms with Crippen LogP contribution >= 0.6 is 12.4 Å². The van der Waals surface area contributed by atoms with Crippen molar-refractivity contribution in [3.8, 4) is 0 Å². The normalized spacial score (nSPS) is 11.5. The lowest BCUT2D eigenvalue weighted by molar-refractivity contribution is -0.140. The predicted octanol–water partition coefficient (Wildman–Crippen LogP) is 10.5. The number of hydrogen-bond donors (Lipinski definition) is 0. The molecule has 3 nitrogen and oxygen atoms in total. The van der Waals surface area contributed by atoms with E-state index in [1.165, 1.54) is 18.2 Å². The minimum atomic E-state index is -4.33. The first-order chi connectivity index (χ1) is 21.2. The van der Waals surface area contributed by atoms with Crippen LogP contribution in [0.1, 0.15) is 80.6 Å². The van der Waals surface area contributed by atoms with E-state index in [9.17, 15) is 31.1 Å². The third-order valence-electron chi connectivity index (χ3n) is 7.01. The number of ether oxygens (including phenoxy) is 2. The van der Waals surface area contributed by atoms with Gasteiger partial charge in [-0.05, 0) is 86.1 Å². The van der Waals surface area contributed by atoms with Gasteiger partial charge in [-0.15, -0.1) is 12.4 Å². The van der Waals surface area contributed by atoms with E-state index >= 15 is 0 Å². The van der Waals surface area contributed by atoms with Crippen LogP contribution in [0.25, 0.3) is 0 Å². The lowest BCUT2D eigenvalue weighted by Crippen LogP contribution is -2.10. The Hall–Kier alpha value is -3.66. The Kier molecular flexibility index (Phi) is 14.5. The molecule has 0 bridgehead atoms. The molecule has 0 saturated heterocycles. The largest absolute Gasteiger partial charge is 0.416 e. The number of carbonyl (C=O) groups is 1. The molecule has 4 rings (SSSR count). The average Bonchev–Trinajstić information content (AvgIpc) is 2.97. The molecule has 0 fully saturated rings. The van der Waals surface area contributed by atoms with Crippen LogP contribution in [0.4, 0.5) is 26.3 Å². The predicted molar refractivity (Wildman–Crippen MR) is 169 cm³/mol. The maximum Gasteiger partial charge on any atom is 0.416 e. The topological polar surface area (TPSA) is 35.5 Å². The van der Waals surface area contributed by atoms with E-state index in [2.05, 4.69) is 0 Å². The molecule has 0 atom stereocenters. The number of halogens is 7. The molecule has 0 heterocycles. The summed E-state index contributed by atoms with van der Waals surface area (Å²) in [4.78, 5) is 10.7. The lowest BCUT2D eigenvalue weighted by atomic mass is 9.98. The van der Waals surface area contributed by atoms with E-state index < -0.39 is 29.8 Å². The summed E-state index contributed by atoms with van der Waals surface area (Å²) in [5.41, 5.74) is 5.16. The summed E-state index contributed by atoms with van der Waals surface area (Å²) in [5.74, 6) is 0. The van der Waals surface area contributed by atoms with E-state index in [-0.39, 0.29) is 12.4 Å². The van der Waals surface area contributed by atoms with Gasteiger partial charge in [0.2, 0.25) is 0 Å². The number of benzene rings is 4. The van der Waals surface area contributed by atoms with Gasteiger partial charge in [0.1, 0.15) is 6.29 Å². The SMILES string of the molecule is CCOC(OCC)c1ccc(Cc2cccc(C(F)(F)F)c2)cc1C.Cc1cc(Cc2cccc(C(F)(F)F)c2)ccc1C=O.Cl. The second kappa shape index (κ2) is 17.3. The highest BCUT2D eigenvalue weighted by molar-refractivity contribution is 5.85. The molecular weight excluding hydrogens is 630 g/mol. The minimum absolute atomic E-state index is 0. The molecule has 0 aromatic heterocycles. The van der Waals surface area contributed by atoms with E-state index in [4.69, 9.17) is 9.47 Å². The number of aldehydes is 1. The Morgan fingerprint density at radius 3 is 1.46 bits per heavy atom. The van der Waals surface area contributed by atoms with Crippen molar-refractivity contribution in [1.29, 1.82) is 0 Å². The summed E-state index contributed by atoms with van der Waals surface area (Å²) in [6, 6.07) is 21.8. The monoisotopic (exact) mass is 666 g/mol. The molecule has 4 aromatic carbocycles. The molecule has 0 amide bonds. The number of alkyl halides is 6. The first kappa shape index (κ1) is 38.5. The molecule has 0 spiro atoms. The van der Waals surface area contributed by atoms with Crippen molar-refractivity contribution in [1.82, 2.24) is 0 Å². The van der Waals surface area contributed by atoms with Gasteiger partial charge in [0.25, 0.3) is 0 Å². The summed E-state index contributed by atoms with van der Waals surface area (Å²) in [7, 11) is 0. The van der Waals surface area contributed by atoms with E-state index in [1.54, 1.807) is 31.2 Å². The number of aryl methyl sites for hydroxylation is 2. The fourth-order valence-corrected chi connectivity index (χ4v) is 4.81. The number of hydrogen-bond acceptors (Lipinski definition) is 3. The van der Waals surface area contributed by atoms with Gasteiger partial charge in [-0.3, -0.25) is 4.79 Å². The molecule has 0 radical (unpaired) electrons. The third-order valence-corrected chi connectivity index (χ3v) is 7.01. The Labute approximate surface area is 272 Å². The minimum Gasteiger partial charge on any atom is -0.349 e. The third kappa shape index (κ3) is 11.3. The molecule has 0 aliphatic carbocycles. The van der Waals surface area contributed by atoms with Crippen molar-refractivity contribution in [2.24, 2.45) is 0 Å². The van der Waals surface area contributed by atoms with Crippen molar-refractivity contribution in [2.45, 2.75) is 59.2 Å². The quantitative estimate of drug-likeness (QED) is 0.0960. The van der Waals surface area contributed by atoms with Crippen LogP contribution in [0.15, 0.2) is 84.9 Å². The van der Waals surface area contributed by atoms with Gasteiger partial charge in [-0.2, -0.15) is 26.3 Å². The second-order valence-electron chi connectivity index (χ2n) is 10.5. The highest BCUT2D eigenvalue weighted by atomic mass is 35.5. The highest BCUT2D eigenvalue weighted by Crippen LogP contribution is 2.31. The standard InChI is InChI=1S/C20H23F3O2.C16H13F3O.ClH/c1-4-24-19(25-5-2)18-10-9-16(11-14(18)3)12-15-7-6-8-17(13-15)20(21,22)23;1-11-7-13(5-6-14(11)10-20)8-12-3-2-4-15(9-12)16(17,18)19;/h6-11,13,19H,4-5,12H2,1-3H3;2-7,9-10H,8H2,1H3;1H. The van der Waals surface area contributed by atoms with Crippen molar-refractivity contribution < 1.29 is 40.6 Å². The fourth-order valence-electron chi connectivity index (χ4n) is 4.81. The van der Waals surface area contributed by atoms with Gasteiger partial charge in [0.15, 0.2) is 6.29 Å². The van der Waals surface area contributed by atoms with Gasteiger partial charge in [0, 0.05) is 24.3 Å². The summed E-state index contributed by atoms with van der Waals surface area (Å²) >= 11 is 0. The zero-order valence-electron chi connectivity index (χ0n) is 26.0. The fraction of sp³-hybridized carbons (Fsp3) is 0.306. The maximum atomic E-state index is 12.8. The van der Waals surface area contributed by atoms with E-state index in [0.29, 0.717) is 42.7 Å². The summed E-state index contributed by atoms with van der Waals surface area (Å²) < 4.78 is 87.6. The summed E-state index contributed by atoms with van der Waals surface area (Å²) in [5, 5.41) is 0. The Morgan fingerprint density at radius 1 is 0.630 bits per heavy atom. The smallest absolute Gasteiger partial charge is 0.349 e. The van der Waals surface area contributed by atoms with Crippen molar-refractivity contribution in [3.05, 3.63) is 141 Å². The molecule has 0 saturated carbocycles. The van der Waals surface area contributed by atoms with E-state index in [1.807, 2.05) is 45.0 Å². The lowest BCUT2D eigenvalue weighted by Gasteiger charge is -2.20. The highest BCUT2D eigenvalue weighted by Gasteiger charge is 2.31. The first-order valence-corrected chi connectivity index (χ1v) is 14.4. The molecule has 0 N–H and O–H groups in total. The van der Waals surface area contributed by atoms with Gasteiger partial charge in [0.05, 0.1) is 11.1 Å². The molecule has 0 aliphatic rings. The van der Waals surface area contributed by atoms with Gasteiger partial charge in [-0.25, -0.2) is 0 Å². The molecule has 248 valence electrons. The van der Waals surface area contributed by atoms with Crippen LogP contribution in [0.2, 0.25) is 0 Å². The molecule has 10 heteroatoms. The van der Waals surface area contributed by atoms with Gasteiger partial charge in [-0.1, -0.05) is 72.8 Å². The Morgan fingerprint density at radius 2 is 1.07 bits per heavy atom. The van der Waals surface area contributed by atoms with Crippen LogP contribution in [0.3, 0.4) is 0 Å². The molecule has 0 aliphatic heterocycles. The van der Waals surface area contributed by atoms with Crippen molar-refractivity contribution in [2.75, 3.05) is 13.2 Å². The van der Waals surface area contributed by atoms with Crippen LogP contribution in [0, 0.1) is 13.8 Å². The number of rotatable bonds is 10.